The Balaban J connectivity index is 1.58. The summed E-state index contributed by atoms with van der Waals surface area (Å²) in [5.74, 6) is -0.381. The number of amides is 2. The minimum atomic E-state index is -0.246. The molecule has 0 radical (unpaired) electrons. The number of benzene rings is 2. The van der Waals surface area contributed by atoms with Gasteiger partial charge in [-0.2, -0.15) is 0 Å². The number of hydrogen-bond donors (Lipinski definition) is 2. The first-order valence-electron chi connectivity index (χ1n) is 9.74. The molecule has 3 rings (SSSR count). The highest BCUT2D eigenvalue weighted by molar-refractivity contribution is 6.29. The summed E-state index contributed by atoms with van der Waals surface area (Å²) in [5.41, 5.74) is 3.94. The lowest BCUT2D eigenvalue weighted by Crippen LogP contribution is -2.27. The van der Waals surface area contributed by atoms with Gasteiger partial charge in [0.1, 0.15) is 0 Å². The fourth-order valence-electron chi connectivity index (χ4n) is 3.26. The number of aryl methyl sites for hydroxylation is 1. The number of nitrogens with one attached hydrogen (secondary N) is 2. The van der Waals surface area contributed by atoms with Gasteiger partial charge in [0.05, 0.1) is 11.0 Å². The Morgan fingerprint density at radius 1 is 1.17 bits per heavy atom. The van der Waals surface area contributed by atoms with Gasteiger partial charge in [0.2, 0.25) is 11.2 Å². The third-order valence-electron chi connectivity index (χ3n) is 4.74. The number of nitrogens with zero attached hydrogens (tertiary/aromatic N) is 2. The molecule has 0 aliphatic carbocycles. The van der Waals surface area contributed by atoms with Crippen LogP contribution in [0.25, 0.3) is 11.0 Å². The molecule has 3 aromatic rings. The standard InChI is InChI=1S/C22H25ClN4O2/c1-4-15-7-5-6-8-17(15)25-20(28)11-12-24-21(29)16-9-10-19-18(13-16)26-22(23)27(19)14(2)3/h5-10,13-14H,4,11-12H2,1-3H3,(H,24,29)(H,25,28). The highest BCUT2D eigenvalue weighted by Crippen LogP contribution is 2.25. The summed E-state index contributed by atoms with van der Waals surface area (Å²) in [6, 6.07) is 13.2. The second kappa shape index (κ2) is 9.09. The summed E-state index contributed by atoms with van der Waals surface area (Å²) in [5, 5.41) is 6.09. The largest absolute Gasteiger partial charge is 0.352 e. The van der Waals surface area contributed by atoms with Crippen LogP contribution in [0, 0.1) is 0 Å². The van der Waals surface area contributed by atoms with Crippen molar-refractivity contribution in [3.05, 3.63) is 58.9 Å². The SMILES string of the molecule is CCc1ccccc1NC(=O)CCNC(=O)c1ccc2c(c1)nc(Cl)n2C(C)C. The van der Waals surface area contributed by atoms with E-state index in [9.17, 15) is 9.59 Å². The van der Waals surface area contributed by atoms with E-state index in [1.807, 2.05) is 55.7 Å². The highest BCUT2D eigenvalue weighted by atomic mass is 35.5. The molecule has 1 heterocycles. The molecule has 152 valence electrons. The molecule has 7 heteroatoms. The van der Waals surface area contributed by atoms with Gasteiger partial charge in [-0.25, -0.2) is 4.98 Å². The summed E-state index contributed by atoms with van der Waals surface area (Å²) >= 11 is 6.21. The van der Waals surface area contributed by atoms with Crippen LogP contribution in [0.1, 0.15) is 49.2 Å². The van der Waals surface area contributed by atoms with Gasteiger partial charge in [-0.15, -0.1) is 0 Å². The third kappa shape index (κ3) is 4.77. The first-order chi connectivity index (χ1) is 13.9. The molecule has 29 heavy (non-hydrogen) atoms. The number of aromatic nitrogens is 2. The van der Waals surface area contributed by atoms with Crippen LogP contribution in [-0.2, 0) is 11.2 Å². The fourth-order valence-corrected chi connectivity index (χ4v) is 3.63. The maximum atomic E-state index is 12.4. The Bertz CT molecular complexity index is 1040. The molecule has 0 atom stereocenters. The summed E-state index contributed by atoms with van der Waals surface area (Å²) in [4.78, 5) is 29.0. The molecule has 0 aliphatic rings. The molecule has 0 spiro atoms. The van der Waals surface area contributed by atoms with E-state index in [0.29, 0.717) is 16.4 Å². The van der Waals surface area contributed by atoms with Crippen molar-refractivity contribution in [1.29, 1.82) is 0 Å². The maximum Gasteiger partial charge on any atom is 0.251 e. The first kappa shape index (κ1) is 20.9. The predicted octanol–water partition coefficient (Wildman–Crippen LogP) is 4.59. The van der Waals surface area contributed by atoms with Gasteiger partial charge in [0.25, 0.3) is 5.91 Å². The molecular weight excluding hydrogens is 388 g/mol. The number of para-hydroxylation sites is 1. The monoisotopic (exact) mass is 412 g/mol. The highest BCUT2D eigenvalue weighted by Gasteiger charge is 2.14. The molecule has 0 fully saturated rings. The lowest BCUT2D eigenvalue weighted by atomic mass is 10.1. The zero-order chi connectivity index (χ0) is 21.0. The van der Waals surface area contributed by atoms with E-state index in [1.165, 1.54) is 0 Å². The van der Waals surface area contributed by atoms with E-state index in [4.69, 9.17) is 11.6 Å². The van der Waals surface area contributed by atoms with Crippen LogP contribution in [0.2, 0.25) is 5.28 Å². The summed E-state index contributed by atoms with van der Waals surface area (Å²) in [7, 11) is 0. The van der Waals surface area contributed by atoms with Crippen molar-refractivity contribution < 1.29 is 9.59 Å². The summed E-state index contributed by atoms with van der Waals surface area (Å²) in [6.45, 7) is 6.34. The Hall–Kier alpha value is -2.86. The number of fused-ring (bicyclic) bond motifs is 1. The van der Waals surface area contributed by atoms with Crippen molar-refractivity contribution >= 4 is 40.1 Å². The zero-order valence-corrected chi connectivity index (χ0v) is 17.6. The summed E-state index contributed by atoms with van der Waals surface area (Å²) < 4.78 is 1.91. The van der Waals surface area contributed by atoms with E-state index in [0.717, 1.165) is 23.2 Å². The molecule has 0 unspecified atom stereocenters. The third-order valence-corrected chi connectivity index (χ3v) is 5.00. The quantitative estimate of drug-likeness (QED) is 0.595. The predicted molar refractivity (Wildman–Crippen MR) is 117 cm³/mol. The zero-order valence-electron chi connectivity index (χ0n) is 16.8. The number of halogens is 1. The van der Waals surface area contributed by atoms with Crippen molar-refractivity contribution in [1.82, 2.24) is 14.9 Å². The fraction of sp³-hybridized carbons (Fsp3) is 0.318. The van der Waals surface area contributed by atoms with Gasteiger partial charge in [0, 0.05) is 30.3 Å². The number of hydrogen-bond acceptors (Lipinski definition) is 3. The van der Waals surface area contributed by atoms with Crippen molar-refractivity contribution in [3.63, 3.8) is 0 Å². The van der Waals surface area contributed by atoms with Crippen LogP contribution in [0.3, 0.4) is 0 Å². The normalized spacial score (nSPS) is 11.1. The second-order valence-corrected chi connectivity index (χ2v) is 7.45. The number of rotatable bonds is 7. The number of imidazole rings is 1. The first-order valence-corrected chi connectivity index (χ1v) is 10.1. The van der Waals surface area contributed by atoms with E-state index >= 15 is 0 Å². The lowest BCUT2D eigenvalue weighted by Gasteiger charge is -2.11. The van der Waals surface area contributed by atoms with Crippen molar-refractivity contribution in [2.45, 2.75) is 39.7 Å². The second-order valence-electron chi connectivity index (χ2n) is 7.11. The molecule has 2 amide bonds. The van der Waals surface area contributed by atoms with Gasteiger partial charge in [-0.3, -0.25) is 9.59 Å². The van der Waals surface area contributed by atoms with Crippen LogP contribution in [0.5, 0.6) is 0 Å². The van der Waals surface area contributed by atoms with Gasteiger partial charge in [0.15, 0.2) is 0 Å². The Morgan fingerprint density at radius 2 is 1.93 bits per heavy atom. The van der Waals surface area contributed by atoms with Crippen LogP contribution < -0.4 is 10.6 Å². The van der Waals surface area contributed by atoms with Crippen LogP contribution in [0.4, 0.5) is 5.69 Å². The van der Waals surface area contributed by atoms with E-state index in [-0.39, 0.29) is 30.8 Å². The smallest absolute Gasteiger partial charge is 0.251 e. The Labute approximate surface area is 175 Å². The maximum absolute atomic E-state index is 12.4. The molecule has 0 aliphatic heterocycles. The van der Waals surface area contributed by atoms with Gasteiger partial charge in [-0.1, -0.05) is 25.1 Å². The topological polar surface area (TPSA) is 76.0 Å². The average molecular weight is 413 g/mol. The van der Waals surface area contributed by atoms with Gasteiger partial charge < -0.3 is 15.2 Å². The van der Waals surface area contributed by atoms with E-state index in [2.05, 4.69) is 15.6 Å². The number of carbonyl (C=O) groups excluding carboxylic acids is 2. The average Bonchev–Trinajstić information content (AvgIpc) is 3.03. The molecular formula is C22H25ClN4O2. The lowest BCUT2D eigenvalue weighted by molar-refractivity contribution is -0.116. The van der Waals surface area contributed by atoms with Crippen LogP contribution in [0.15, 0.2) is 42.5 Å². The van der Waals surface area contributed by atoms with Crippen molar-refractivity contribution in [3.8, 4) is 0 Å². The number of carbonyl (C=O) groups is 2. The Morgan fingerprint density at radius 3 is 2.66 bits per heavy atom. The number of anilines is 1. The van der Waals surface area contributed by atoms with Crippen LogP contribution in [-0.4, -0.2) is 27.9 Å². The van der Waals surface area contributed by atoms with Crippen molar-refractivity contribution in [2.75, 3.05) is 11.9 Å². The van der Waals surface area contributed by atoms with Crippen LogP contribution >= 0.6 is 11.6 Å². The molecule has 0 saturated heterocycles. The molecule has 2 aromatic carbocycles. The van der Waals surface area contributed by atoms with E-state index in [1.54, 1.807) is 12.1 Å². The molecule has 0 bridgehead atoms. The molecule has 0 saturated carbocycles. The van der Waals surface area contributed by atoms with Gasteiger partial charge in [-0.05, 0) is 61.7 Å². The molecule has 6 nitrogen and oxygen atoms in total. The Kier molecular flexibility index (Phi) is 6.54. The minimum Gasteiger partial charge on any atom is -0.352 e. The molecule has 2 N–H and O–H groups in total. The van der Waals surface area contributed by atoms with E-state index < -0.39 is 0 Å². The van der Waals surface area contributed by atoms with Crippen molar-refractivity contribution in [2.24, 2.45) is 0 Å². The molecule has 1 aromatic heterocycles. The minimum absolute atomic E-state index is 0.135. The summed E-state index contributed by atoms with van der Waals surface area (Å²) in [6.07, 6.45) is 1.03. The van der Waals surface area contributed by atoms with Gasteiger partial charge >= 0.3 is 0 Å².